The Hall–Kier alpha value is 2.03. The molecule has 0 N–H and O–H groups in total. The molecule has 0 aliphatic carbocycles. The minimum atomic E-state index is -3.53. The first-order valence-corrected chi connectivity index (χ1v) is 11.9. The summed E-state index contributed by atoms with van der Waals surface area (Å²) in [5.74, 6) is 0. The molecule has 0 aliphatic rings. The van der Waals surface area contributed by atoms with Crippen molar-refractivity contribution in [3.8, 4) is 0 Å². The van der Waals surface area contributed by atoms with Crippen molar-refractivity contribution in [3.63, 3.8) is 0 Å². The minimum Gasteiger partial charge on any atom is -0.287 e. The van der Waals surface area contributed by atoms with Gasteiger partial charge in [0.15, 0.2) is 0 Å². The van der Waals surface area contributed by atoms with Crippen molar-refractivity contribution >= 4 is 71.5 Å². The summed E-state index contributed by atoms with van der Waals surface area (Å²) >= 11 is 13.6. The highest BCUT2D eigenvalue weighted by Gasteiger charge is 2.33. The van der Waals surface area contributed by atoms with E-state index in [4.69, 9.17) is 13.6 Å². The predicted octanol–water partition coefficient (Wildman–Crippen LogP) is 6.74. The number of rotatable bonds is 12. The molecule has 0 radical (unpaired) electrons. The third-order valence-corrected chi connectivity index (χ3v) is 5.65. The summed E-state index contributed by atoms with van der Waals surface area (Å²) in [6, 6.07) is 0. The van der Waals surface area contributed by atoms with Crippen molar-refractivity contribution in [2.24, 2.45) is 0 Å². The van der Waals surface area contributed by atoms with Crippen LogP contribution in [0.15, 0.2) is 0 Å². The van der Waals surface area contributed by atoms with Crippen molar-refractivity contribution < 1.29 is 18.1 Å². The van der Waals surface area contributed by atoms with Crippen molar-refractivity contribution in [1.82, 2.24) is 0 Å². The minimum absolute atomic E-state index is 0.322. The molecule has 0 aromatic rings. The van der Waals surface area contributed by atoms with Gasteiger partial charge in [-0.15, -0.1) is 0 Å². The molecular formula is C12H23Br4O4P. The maximum absolute atomic E-state index is 12.7. The van der Waals surface area contributed by atoms with Crippen LogP contribution in [-0.4, -0.2) is 26.8 Å². The van der Waals surface area contributed by atoms with Crippen LogP contribution in [0.5, 0.6) is 0 Å². The van der Waals surface area contributed by atoms with Gasteiger partial charge in [-0.25, -0.2) is 4.57 Å². The molecule has 0 aliphatic heterocycles. The first-order valence-electron chi connectivity index (χ1n) is 6.96. The number of phosphoric ester groups is 1. The Labute approximate surface area is 161 Å². The Morgan fingerprint density at radius 2 is 1.52 bits per heavy atom. The monoisotopic (exact) mass is 578 g/mol. The van der Waals surface area contributed by atoms with E-state index in [1.54, 1.807) is 0 Å². The van der Waals surface area contributed by atoms with Crippen LogP contribution in [0.4, 0.5) is 0 Å². The molecule has 1 unspecified atom stereocenters. The van der Waals surface area contributed by atoms with Crippen LogP contribution in [0.1, 0.15) is 46.0 Å². The summed E-state index contributed by atoms with van der Waals surface area (Å²) in [6.45, 7) is 4.83. The zero-order valence-corrected chi connectivity index (χ0v) is 19.6. The van der Waals surface area contributed by atoms with E-state index in [1.165, 1.54) is 0 Å². The van der Waals surface area contributed by atoms with E-state index in [0.717, 1.165) is 25.7 Å². The summed E-state index contributed by atoms with van der Waals surface area (Å²) in [5, 5.41) is 0.524. The highest BCUT2D eigenvalue weighted by atomic mass is 80.0. The second-order valence-electron chi connectivity index (χ2n) is 4.52. The average molecular weight is 582 g/mol. The molecule has 128 valence electrons. The SMILES string of the molecule is CCCCOP(=O)(OCCCC)OC(CBr)CC(Br)(Br)Br. The normalized spacial score (nSPS) is 14.4. The molecule has 4 nitrogen and oxygen atoms in total. The van der Waals surface area contributed by atoms with Gasteiger partial charge in [0, 0.05) is 11.8 Å². The van der Waals surface area contributed by atoms with Gasteiger partial charge in [0.25, 0.3) is 0 Å². The molecule has 0 spiro atoms. The first kappa shape index (κ1) is 23.0. The molecule has 0 saturated carbocycles. The van der Waals surface area contributed by atoms with Crippen molar-refractivity contribution in [2.45, 2.75) is 54.2 Å². The maximum atomic E-state index is 12.7. The standard InChI is InChI=1S/C12H23Br4O4P/c1-3-5-7-18-21(17,19-8-6-4-2)20-11(10-13)9-12(14,15)16/h11H,3-10H2,1-2H3. The zero-order valence-electron chi connectivity index (χ0n) is 12.3. The Kier molecular flexibility index (Phi) is 13.6. The van der Waals surface area contributed by atoms with Crippen LogP contribution in [0, 0.1) is 0 Å². The van der Waals surface area contributed by atoms with E-state index >= 15 is 0 Å². The number of alkyl halides is 4. The Morgan fingerprint density at radius 1 is 1.05 bits per heavy atom. The lowest BCUT2D eigenvalue weighted by atomic mass is 10.3. The van der Waals surface area contributed by atoms with Gasteiger partial charge in [-0.2, -0.15) is 0 Å². The fraction of sp³-hybridized carbons (Fsp3) is 1.00. The second-order valence-corrected chi connectivity index (χ2v) is 14.0. The predicted molar refractivity (Wildman–Crippen MR) is 102 cm³/mol. The Bertz CT molecular complexity index is 298. The third-order valence-electron chi connectivity index (χ3n) is 2.40. The molecule has 0 saturated heterocycles. The van der Waals surface area contributed by atoms with E-state index in [2.05, 4.69) is 63.7 Å². The first-order chi connectivity index (χ1) is 9.76. The molecule has 0 aromatic heterocycles. The Morgan fingerprint density at radius 3 is 1.86 bits per heavy atom. The van der Waals surface area contributed by atoms with E-state index in [-0.39, 0.29) is 6.10 Å². The second kappa shape index (κ2) is 12.4. The molecule has 0 fully saturated rings. The summed E-state index contributed by atoms with van der Waals surface area (Å²) in [4.78, 5) is 0. The van der Waals surface area contributed by atoms with Crippen molar-refractivity contribution in [2.75, 3.05) is 18.5 Å². The average Bonchev–Trinajstić information content (AvgIpc) is 2.37. The van der Waals surface area contributed by atoms with Gasteiger partial charge < -0.3 is 0 Å². The lowest BCUT2D eigenvalue weighted by molar-refractivity contribution is 0.0831. The van der Waals surface area contributed by atoms with E-state index < -0.39 is 9.97 Å². The zero-order chi connectivity index (χ0) is 16.4. The van der Waals surface area contributed by atoms with E-state index in [1.807, 2.05) is 13.8 Å². The smallest absolute Gasteiger partial charge is 0.287 e. The summed E-state index contributed by atoms with van der Waals surface area (Å²) in [7, 11) is -3.53. The number of halogens is 4. The maximum Gasteiger partial charge on any atom is 0.475 e. The van der Waals surface area contributed by atoms with Gasteiger partial charge >= 0.3 is 7.82 Å². The quantitative estimate of drug-likeness (QED) is 0.146. The van der Waals surface area contributed by atoms with Gasteiger partial charge in [0.1, 0.15) is 2.14 Å². The molecule has 0 bridgehead atoms. The third kappa shape index (κ3) is 13.0. The molecule has 0 rings (SSSR count). The van der Waals surface area contributed by atoms with E-state index in [0.29, 0.717) is 25.0 Å². The van der Waals surface area contributed by atoms with Crippen LogP contribution < -0.4 is 0 Å². The molecule has 0 aromatic carbocycles. The molecule has 1 atom stereocenters. The fourth-order valence-electron chi connectivity index (χ4n) is 1.30. The highest BCUT2D eigenvalue weighted by Crippen LogP contribution is 2.53. The molecule has 9 heteroatoms. The fourth-order valence-corrected chi connectivity index (χ4v) is 4.36. The number of hydrogen-bond donors (Lipinski definition) is 0. The summed E-state index contributed by atoms with van der Waals surface area (Å²) < 4.78 is 28.7. The lowest BCUT2D eigenvalue weighted by Gasteiger charge is -2.25. The van der Waals surface area contributed by atoms with Gasteiger partial charge in [0.05, 0.1) is 19.3 Å². The number of unbranched alkanes of at least 4 members (excludes halogenated alkanes) is 2. The number of phosphoric acid groups is 1. The van der Waals surface area contributed by atoms with E-state index in [9.17, 15) is 4.57 Å². The van der Waals surface area contributed by atoms with Gasteiger partial charge in [-0.3, -0.25) is 13.6 Å². The molecule has 0 amide bonds. The summed E-state index contributed by atoms with van der Waals surface area (Å²) in [6.07, 6.45) is 3.79. The van der Waals surface area contributed by atoms with Crippen LogP contribution in [0.2, 0.25) is 0 Å². The number of hydrogen-bond acceptors (Lipinski definition) is 4. The molecular weight excluding hydrogens is 559 g/mol. The molecule has 0 heterocycles. The molecule has 21 heavy (non-hydrogen) atoms. The van der Waals surface area contributed by atoms with Crippen LogP contribution >= 0.6 is 71.5 Å². The lowest BCUT2D eigenvalue weighted by Crippen LogP contribution is -2.21. The van der Waals surface area contributed by atoms with Crippen LogP contribution in [0.3, 0.4) is 0 Å². The largest absolute Gasteiger partial charge is 0.475 e. The Balaban J connectivity index is 4.63. The van der Waals surface area contributed by atoms with Gasteiger partial charge in [-0.1, -0.05) is 90.4 Å². The topological polar surface area (TPSA) is 44.8 Å². The van der Waals surface area contributed by atoms with Gasteiger partial charge in [0.2, 0.25) is 0 Å². The van der Waals surface area contributed by atoms with Gasteiger partial charge in [-0.05, 0) is 12.8 Å². The highest BCUT2D eigenvalue weighted by molar-refractivity contribution is 9.39. The van der Waals surface area contributed by atoms with Crippen LogP contribution in [-0.2, 0) is 18.1 Å². The van der Waals surface area contributed by atoms with Crippen molar-refractivity contribution in [3.05, 3.63) is 0 Å². The van der Waals surface area contributed by atoms with Crippen molar-refractivity contribution in [1.29, 1.82) is 0 Å². The van der Waals surface area contributed by atoms with Crippen LogP contribution in [0.25, 0.3) is 0 Å². The summed E-state index contributed by atoms with van der Waals surface area (Å²) in [5.41, 5.74) is 0.